The number of carbonyl (C=O) groups excluding carboxylic acids is 2. The van der Waals surface area contributed by atoms with Gasteiger partial charge < -0.3 is 14.5 Å². The van der Waals surface area contributed by atoms with Crippen LogP contribution in [-0.2, 0) is 4.79 Å². The summed E-state index contributed by atoms with van der Waals surface area (Å²) in [4.78, 5) is 28.6. The molecule has 5 nitrogen and oxygen atoms in total. The Hall–Kier alpha value is -2.04. The fraction of sp³-hybridized carbons (Fsp3) is 0.652. The van der Waals surface area contributed by atoms with Gasteiger partial charge in [-0.3, -0.25) is 9.59 Å². The van der Waals surface area contributed by atoms with Crippen LogP contribution in [0.3, 0.4) is 0 Å². The molecule has 2 amide bonds. The third kappa shape index (κ3) is 5.73. The van der Waals surface area contributed by atoms with Gasteiger partial charge in [-0.2, -0.15) is 0 Å². The Balaban J connectivity index is 1.42. The van der Waals surface area contributed by atoms with Crippen molar-refractivity contribution in [3.63, 3.8) is 0 Å². The molecule has 0 aliphatic carbocycles. The number of piperidine rings is 2. The van der Waals surface area contributed by atoms with E-state index in [2.05, 4.69) is 13.8 Å². The van der Waals surface area contributed by atoms with Gasteiger partial charge in [0.25, 0.3) is 5.91 Å². The number of likely N-dealkylation sites (tertiary alicyclic amines) is 2. The molecule has 2 saturated heterocycles. The summed E-state index contributed by atoms with van der Waals surface area (Å²) in [6, 6.07) is 7.55. The Kier molecular flexibility index (Phi) is 7.35. The third-order valence-electron chi connectivity index (χ3n) is 5.78. The Bertz CT molecular complexity index is 642. The number of hydrogen-bond donors (Lipinski definition) is 0. The fourth-order valence-corrected chi connectivity index (χ4v) is 4.01. The standard InChI is InChI=1S/C23H34N2O3/c1-18(2)16-22(26)24-14-10-19(11-15-24)17-28-21-8-6-20(7-9-21)23(27)25-12-4-3-5-13-25/h6-9,18-19H,3-5,10-17H2,1-2H3. The molecular weight excluding hydrogens is 352 g/mol. The van der Waals surface area contributed by atoms with Gasteiger partial charge in [0.15, 0.2) is 0 Å². The highest BCUT2D eigenvalue weighted by molar-refractivity contribution is 5.94. The molecule has 1 aromatic rings. The maximum absolute atomic E-state index is 12.5. The zero-order valence-corrected chi connectivity index (χ0v) is 17.4. The van der Waals surface area contributed by atoms with Gasteiger partial charge in [-0.15, -0.1) is 0 Å². The Morgan fingerprint density at radius 3 is 2.21 bits per heavy atom. The van der Waals surface area contributed by atoms with Gasteiger partial charge in [0.05, 0.1) is 6.61 Å². The number of rotatable bonds is 6. The number of hydrogen-bond acceptors (Lipinski definition) is 3. The first-order chi connectivity index (χ1) is 13.5. The zero-order chi connectivity index (χ0) is 19.9. The highest BCUT2D eigenvalue weighted by atomic mass is 16.5. The quantitative estimate of drug-likeness (QED) is 0.743. The van der Waals surface area contributed by atoms with Gasteiger partial charge in [-0.1, -0.05) is 13.8 Å². The first-order valence-corrected chi connectivity index (χ1v) is 10.8. The molecule has 1 aromatic carbocycles. The van der Waals surface area contributed by atoms with Crippen molar-refractivity contribution in [1.82, 2.24) is 9.80 Å². The lowest BCUT2D eigenvalue weighted by molar-refractivity contribution is -0.133. The number of ether oxygens (including phenoxy) is 1. The number of benzene rings is 1. The Labute approximate surface area is 169 Å². The fourth-order valence-electron chi connectivity index (χ4n) is 4.01. The van der Waals surface area contributed by atoms with Crippen LogP contribution in [0.15, 0.2) is 24.3 Å². The van der Waals surface area contributed by atoms with Crippen LogP contribution in [0.5, 0.6) is 5.75 Å². The molecule has 0 bridgehead atoms. The van der Waals surface area contributed by atoms with E-state index in [1.165, 1.54) is 6.42 Å². The van der Waals surface area contributed by atoms with Crippen LogP contribution >= 0.6 is 0 Å². The minimum atomic E-state index is 0.129. The van der Waals surface area contributed by atoms with Crippen LogP contribution in [0.1, 0.15) is 62.7 Å². The molecule has 0 N–H and O–H groups in total. The minimum absolute atomic E-state index is 0.129. The summed E-state index contributed by atoms with van der Waals surface area (Å²) in [6.07, 6.45) is 6.07. The maximum Gasteiger partial charge on any atom is 0.253 e. The number of carbonyl (C=O) groups is 2. The molecule has 0 atom stereocenters. The smallest absolute Gasteiger partial charge is 0.253 e. The number of amides is 2. The van der Waals surface area contributed by atoms with Gasteiger partial charge in [0.1, 0.15) is 5.75 Å². The van der Waals surface area contributed by atoms with Crippen molar-refractivity contribution >= 4 is 11.8 Å². The molecule has 5 heteroatoms. The van der Waals surface area contributed by atoms with Crippen LogP contribution in [0.2, 0.25) is 0 Å². The molecule has 2 aliphatic rings. The molecule has 2 heterocycles. The molecule has 0 spiro atoms. The lowest BCUT2D eigenvalue weighted by Crippen LogP contribution is -2.40. The molecule has 0 aromatic heterocycles. The van der Waals surface area contributed by atoms with E-state index in [9.17, 15) is 9.59 Å². The molecular formula is C23H34N2O3. The van der Waals surface area contributed by atoms with Gasteiger partial charge in [0.2, 0.25) is 5.91 Å². The van der Waals surface area contributed by atoms with Crippen LogP contribution < -0.4 is 4.74 Å². The maximum atomic E-state index is 12.5. The molecule has 0 unspecified atom stereocenters. The number of nitrogens with zero attached hydrogens (tertiary/aromatic N) is 2. The lowest BCUT2D eigenvalue weighted by atomic mass is 9.97. The average Bonchev–Trinajstić information content (AvgIpc) is 2.72. The second kappa shape index (κ2) is 9.94. The monoisotopic (exact) mass is 386 g/mol. The van der Waals surface area contributed by atoms with E-state index in [0.29, 0.717) is 24.9 Å². The predicted octanol–water partition coefficient (Wildman–Crippen LogP) is 3.98. The average molecular weight is 387 g/mol. The first-order valence-electron chi connectivity index (χ1n) is 10.8. The minimum Gasteiger partial charge on any atom is -0.493 e. The summed E-state index contributed by atoms with van der Waals surface area (Å²) in [6.45, 7) is 8.26. The molecule has 0 saturated carbocycles. The molecule has 154 valence electrons. The normalized spacial score (nSPS) is 18.4. The lowest BCUT2D eigenvalue weighted by Gasteiger charge is -2.32. The van der Waals surface area contributed by atoms with Crippen LogP contribution in [0.4, 0.5) is 0 Å². The van der Waals surface area contributed by atoms with Crippen LogP contribution in [0.25, 0.3) is 0 Å². The van der Waals surface area contributed by atoms with E-state index in [4.69, 9.17) is 4.74 Å². The Morgan fingerprint density at radius 1 is 0.964 bits per heavy atom. The van der Waals surface area contributed by atoms with Crippen molar-refractivity contribution in [2.75, 3.05) is 32.8 Å². The summed E-state index contributed by atoms with van der Waals surface area (Å²) in [5.74, 6) is 2.12. The summed E-state index contributed by atoms with van der Waals surface area (Å²) < 4.78 is 5.96. The van der Waals surface area contributed by atoms with E-state index < -0.39 is 0 Å². The largest absolute Gasteiger partial charge is 0.493 e. The van der Waals surface area contributed by atoms with Crippen molar-refractivity contribution < 1.29 is 14.3 Å². The van der Waals surface area contributed by atoms with Crippen molar-refractivity contribution in [2.45, 2.75) is 52.4 Å². The molecule has 28 heavy (non-hydrogen) atoms. The van der Waals surface area contributed by atoms with Gasteiger partial charge in [-0.25, -0.2) is 0 Å². The topological polar surface area (TPSA) is 49.9 Å². The second-order valence-corrected chi connectivity index (χ2v) is 8.61. The van der Waals surface area contributed by atoms with E-state index in [1.807, 2.05) is 34.1 Å². The SMILES string of the molecule is CC(C)CC(=O)N1CCC(COc2ccc(C(=O)N3CCCCC3)cc2)CC1. The summed E-state index contributed by atoms with van der Waals surface area (Å²) >= 11 is 0. The third-order valence-corrected chi connectivity index (χ3v) is 5.78. The predicted molar refractivity (Wildman–Crippen MR) is 110 cm³/mol. The van der Waals surface area contributed by atoms with E-state index in [0.717, 1.165) is 63.2 Å². The molecule has 2 fully saturated rings. The molecule has 2 aliphatic heterocycles. The second-order valence-electron chi connectivity index (χ2n) is 8.61. The van der Waals surface area contributed by atoms with Gasteiger partial charge >= 0.3 is 0 Å². The van der Waals surface area contributed by atoms with Gasteiger partial charge in [0, 0.05) is 38.2 Å². The van der Waals surface area contributed by atoms with Crippen molar-refractivity contribution in [3.8, 4) is 5.75 Å². The van der Waals surface area contributed by atoms with Crippen LogP contribution in [-0.4, -0.2) is 54.4 Å². The van der Waals surface area contributed by atoms with Crippen molar-refractivity contribution in [2.24, 2.45) is 11.8 Å². The van der Waals surface area contributed by atoms with E-state index >= 15 is 0 Å². The van der Waals surface area contributed by atoms with Crippen molar-refractivity contribution in [1.29, 1.82) is 0 Å². The zero-order valence-electron chi connectivity index (χ0n) is 17.4. The van der Waals surface area contributed by atoms with Gasteiger partial charge in [-0.05, 0) is 68.2 Å². The summed E-state index contributed by atoms with van der Waals surface area (Å²) in [7, 11) is 0. The Morgan fingerprint density at radius 2 is 1.61 bits per heavy atom. The van der Waals surface area contributed by atoms with E-state index in [-0.39, 0.29) is 11.8 Å². The summed E-state index contributed by atoms with van der Waals surface area (Å²) in [5.41, 5.74) is 0.742. The van der Waals surface area contributed by atoms with Crippen LogP contribution in [0, 0.1) is 11.8 Å². The highest BCUT2D eigenvalue weighted by Crippen LogP contribution is 2.22. The van der Waals surface area contributed by atoms with Crippen molar-refractivity contribution in [3.05, 3.63) is 29.8 Å². The highest BCUT2D eigenvalue weighted by Gasteiger charge is 2.23. The van der Waals surface area contributed by atoms with E-state index in [1.54, 1.807) is 0 Å². The molecule has 0 radical (unpaired) electrons. The summed E-state index contributed by atoms with van der Waals surface area (Å²) in [5, 5.41) is 0. The first kappa shape index (κ1) is 20.7. The molecule has 3 rings (SSSR count).